The third-order valence-electron chi connectivity index (χ3n) is 4.90. The van der Waals surface area contributed by atoms with Crippen molar-refractivity contribution in [2.45, 2.75) is 45.1 Å². The maximum Gasteiger partial charge on any atom is 0.324 e. The first kappa shape index (κ1) is 18.6. The fraction of sp³-hybridized carbons (Fsp3) is 0.500. The summed E-state index contributed by atoms with van der Waals surface area (Å²) < 4.78 is 6.87. The zero-order valence-electron chi connectivity index (χ0n) is 15.2. The number of aryl methyl sites for hydroxylation is 2. The SMILES string of the molecule is O=C(CCCN1C(=O)CNC1=O)OCc1cc(=O)n2c3c(sc2n1)CCCC3. The van der Waals surface area contributed by atoms with Crippen LogP contribution in [0.1, 0.15) is 41.9 Å². The Morgan fingerprint density at radius 3 is 2.86 bits per heavy atom. The predicted octanol–water partition coefficient (Wildman–Crippen LogP) is 1.01. The molecule has 10 heteroatoms. The van der Waals surface area contributed by atoms with Crippen molar-refractivity contribution in [1.29, 1.82) is 0 Å². The van der Waals surface area contributed by atoms with Gasteiger partial charge in [0, 0.05) is 29.6 Å². The average Bonchev–Trinajstić information content (AvgIpc) is 3.21. The summed E-state index contributed by atoms with van der Waals surface area (Å²) in [5.41, 5.74) is 1.34. The Labute approximate surface area is 164 Å². The van der Waals surface area contributed by atoms with Crippen LogP contribution in [0.25, 0.3) is 4.96 Å². The van der Waals surface area contributed by atoms with Crippen LogP contribution in [0.2, 0.25) is 0 Å². The second kappa shape index (κ2) is 7.70. The number of aromatic nitrogens is 2. The van der Waals surface area contributed by atoms with Crippen molar-refractivity contribution in [3.8, 4) is 0 Å². The zero-order valence-corrected chi connectivity index (χ0v) is 16.0. The van der Waals surface area contributed by atoms with Crippen LogP contribution in [0.15, 0.2) is 10.9 Å². The first-order valence-electron chi connectivity index (χ1n) is 9.30. The van der Waals surface area contributed by atoms with Gasteiger partial charge in [0.15, 0.2) is 4.96 Å². The molecular formula is C18H20N4O5S. The molecule has 0 aromatic carbocycles. The van der Waals surface area contributed by atoms with Gasteiger partial charge in [0.05, 0.1) is 12.2 Å². The number of ether oxygens (including phenoxy) is 1. The summed E-state index contributed by atoms with van der Waals surface area (Å²) in [5, 5.41) is 2.42. The summed E-state index contributed by atoms with van der Waals surface area (Å²) in [7, 11) is 0. The van der Waals surface area contributed by atoms with Crippen LogP contribution >= 0.6 is 11.3 Å². The Hall–Kier alpha value is -2.75. The molecule has 2 aliphatic rings. The highest BCUT2D eigenvalue weighted by atomic mass is 32.1. The van der Waals surface area contributed by atoms with Gasteiger partial charge in [-0.1, -0.05) is 0 Å². The van der Waals surface area contributed by atoms with Crippen molar-refractivity contribution >= 4 is 34.2 Å². The summed E-state index contributed by atoms with van der Waals surface area (Å²) >= 11 is 1.53. The van der Waals surface area contributed by atoms with Gasteiger partial charge in [-0.3, -0.25) is 23.7 Å². The quantitative estimate of drug-likeness (QED) is 0.568. The van der Waals surface area contributed by atoms with Crippen molar-refractivity contribution in [3.63, 3.8) is 0 Å². The number of carbonyl (C=O) groups is 3. The van der Waals surface area contributed by atoms with E-state index in [2.05, 4.69) is 10.3 Å². The predicted molar refractivity (Wildman–Crippen MR) is 100 cm³/mol. The van der Waals surface area contributed by atoms with Gasteiger partial charge in [0.25, 0.3) is 5.56 Å². The fourth-order valence-electron chi connectivity index (χ4n) is 3.51. The number of carbonyl (C=O) groups excluding carboxylic acids is 3. The number of hydrogen-bond acceptors (Lipinski definition) is 7. The molecule has 3 heterocycles. The molecule has 4 rings (SSSR count). The maximum absolute atomic E-state index is 12.5. The molecule has 1 aliphatic carbocycles. The summed E-state index contributed by atoms with van der Waals surface area (Å²) in [6.07, 6.45) is 4.48. The Balaban J connectivity index is 1.33. The third-order valence-corrected chi connectivity index (χ3v) is 6.04. The van der Waals surface area contributed by atoms with E-state index in [-0.39, 0.29) is 37.6 Å². The van der Waals surface area contributed by atoms with E-state index >= 15 is 0 Å². The van der Waals surface area contributed by atoms with Crippen LogP contribution in [0.4, 0.5) is 4.79 Å². The molecule has 0 unspecified atom stereocenters. The second-order valence-corrected chi connectivity index (χ2v) is 7.91. The van der Waals surface area contributed by atoms with Crippen molar-refractivity contribution in [1.82, 2.24) is 19.6 Å². The van der Waals surface area contributed by atoms with Gasteiger partial charge in [0.2, 0.25) is 5.91 Å². The number of rotatable bonds is 6. The van der Waals surface area contributed by atoms with Gasteiger partial charge >= 0.3 is 12.0 Å². The molecule has 0 saturated carbocycles. The number of amides is 3. The molecule has 1 saturated heterocycles. The Bertz CT molecular complexity index is 995. The summed E-state index contributed by atoms with van der Waals surface area (Å²) in [6.45, 7) is 0.0987. The molecule has 9 nitrogen and oxygen atoms in total. The number of nitrogens with zero attached hydrogens (tertiary/aromatic N) is 3. The standard InChI is InChI=1S/C18H20N4O5S/c23-14-8-11(20-18-22(14)12-4-1-2-5-13(12)28-18)10-27-16(25)6-3-7-21-15(24)9-19-17(21)26/h8H,1-7,9-10H2,(H,19,26). The van der Waals surface area contributed by atoms with E-state index in [9.17, 15) is 19.2 Å². The molecule has 0 bridgehead atoms. The molecular weight excluding hydrogens is 384 g/mol. The van der Waals surface area contributed by atoms with E-state index < -0.39 is 12.0 Å². The maximum atomic E-state index is 12.5. The summed E-state index contributed by atoms with van der Waals surface area (Å²) in [6, 6.07) is 0.977. The monoisotopic (exact) mass is 404 g/mol. The minimum absolute atomic E-state index is 0.000877. The highest BCUT2D eigenvalue weighted by Crippen LogP contribution is 2.28. The number of nitrogens with one attached hydrogen (secondary N) is 1. The van der Waals surface area contributed by atoms with Crippen LogP contribution in [0, 0.1) is 0 Å². The van der Waals surface area contributed by atoms with E-state index in [1.807, 2.05) is 0 Å². The molecule has 1 N–H and O–H groups in total. The first-order valence-corrected chi connectivity index (χ1v) is 10.1. The number of imide groups is 1. The summed E-state index contributed by atoms with van der Waals surface area (Å²) in [5.74, 6) is -0.755. The van der Waals surface area contributed by atoms with E-state index in [0.29, 0.717) is 17.1 Å². The lowest BCUT2D eigenvalue weighted by Gasteiger charge is -2.11. The van der Waals surface area contributed by atoms with E-state index in [0.717, 1.165) is 36.3 Å². The van der Waals surface area contributed by atoms with Crippen LogP contribution in [-0.4, -0.2) is 45.3 Å². The van der Waals surface area contributed by atoms with Crippen LogP contribution in [0.5, 0.6) is 0 Å². The van der Waals surface area contributed by atoms with Crippen molar-refractivity contribution < 1.29 is 19.1 Å². The van der Waals surface area contributed by atoms with Gasteiger partial charge in [0.1, 0.15) is 6.61 Å². The molecule has 0 spiro atoms. The first-order chi connectivity index (χ1) is 13.5. The van der Waals surface area contributed by atoms with Crippen molar-refractivity contribution in [2.75, 3.05) is 13.1 Å². The largest absolute Gasteiger partial charge is 0.459 e. The van der Waals surface area contributed by atoms with Gasteiger partial charge in [-0.25, -0.2) is 9.78 Å². The average molecular weight is 404 g/mol. The number of thiazole rings is 1. The number of urea groups is 1. The number of esters is 1. The number of hydrogen-bond donors (Lipinski definition) is 1. The highest BCUT2D eigenvalue weighted by molar-refractivity contribution is 7.17. The molecule has 1 aliphatic heterocycles. The lowest BCUT2D eigenvalue weighted by atomic mass is 10.0. The highest BCUT2D eigenvalue weighted by Gasteiger charge is 2.27. The topological polar surface area (TPSA) is 110 Å². The van der Waals surface area contributed by atoms with Gasteiger partial charge in [-0.2, -0.15) is 0 Å². The molecule has 0 atom stereocenters. The molecule has 2 aromatic heterocycles. The van der Waals surface area contributed by atoms with E-state index in [1.54, 1.807) is 4.40 Å². The normalized spacial score (nSPS) is 16.4. The van der Waals surface area contributed by atoms with Crippen LogP contribution in [-0.2, 0) is 33.8 Å². The van der Waals surface area contributed by atoms with E-state index in [1.165, 1.54) is 22.3 Å². The Morgan fingerprint density at radius 2 is 2.07 bits per heavy atom. The lowest BCUT2D eigenvalue weighted by Crippen LogP contribution is -2.32. The Morgan fingerprint density at radius 1 is 1.25 bits per heavy atom. The molecule has 1 fully saturated rings. The second-order valence-electron chi connectivity index (χ2n) is 6.85. The molecule has 148 valence electrons. The smallest absolute Gasteiger partial charge is 0.324 e. The summed E-state index contributed by atoms with van der Waals surface area (Å²) in [4.78, 5) is 54.7. The minimum Gasteiger partial charge on any atom is -0.459 e. The van der Waals surface area contributed by atoms with Gasteiger partial charge < -0.3 is 10.1 Å². The zero-order chi connectivity index (χ0) is 19.7. The third kappa shape index (κ3) is 3.64. The Kier molecular flexibility index (Phi) is 5.12. The van der Waals surface area contributed by atoms with Crippen LogP contribution < -0.4 is 10.9 Å². The molecule has 28 heavy (non-hydrogen) atoms. The molecule has 3 amide bonds. The van der Waals surface area contributed by atoms with E-state index in [4.69, 9.17) is 4.74 Å². The van der Waals surface area contributed by atoms with Gasteiger partial charge in [-0.15, -0.1) is 11.3 Å². The van der Waals surface area contributed by atoms with Crippen molar-refractivity contribution in [2.24, 2.45) is 0 Å². The molecule has 0 radical (unpaired) electrons. The lowest BCUT2D eigenvalue weighted by molar-refractivity contribution is -0.145. The van der Waals surface area contributed by atoms with Crippen LogP contribution in [0.3, 0.4) is 0 Å². The van der Waals surface area contributed by atoms with Gasteiger partial charge in [-0.05, 0) is 32.1 Å². The molecule has 2 aromatic rings. The fourth-order valence-corrected chi connectivity index (χ4v) is 4.74. The minimum atomic E-state index is -0.459. The number of fused-ring (bicyclic) bond motifs is 3. The van der Waals surface area contributed by atoms with Crippen molar-refractivity contribution in [3.05, 3.63) is 32.7 Å².